The van der Waals surface area contributed by atoms with Crippen molar-refractivity contribution in [2.24, 2.45) is 11.3 Å². The lowest BCUT2D eigenvalue weighted by molar-refractivity contribution is -0.148. The maximum absolute atomic E-state index is 11.8. The second-order valence-corrected chi connectivity index (χ2v) is 5.23. The first kappa shape index (κ1) is 11.4. The first-order chi connectivity index (χ1) is 7.55. The molecular weight excluding hydrogens is 206 g/mol. The zero-order valence-corrected chi connectivity index (χ0v) is 9.91. The van der Waals surface area contributed by atoms with Crippen LogP contribution < -0.4 is 5.32 Å². The lowest BCUT2D eigenvalue weighted by Gasteiger charge is -2.28. The number of hydrogen-bond acceptors (Lipinski definition) is 3. The molecule has 4 heteroatoms. The first-order valence-corrected chi connectivity index (χ1v) is 6.01. The van der Waals surface area contributed by atoms with E-state index in [2.05, 4.69) is 5.32 Å². The molecule has 1 aliphatic carbocycles. The van der Waals surface area contributed by atoms with E-state index in [1.54, 1.807) is 6.92 Å². The standard InChI is InChI=1S/C12H19NO3/c1-3-16-11(15)10-12(2,6-8-4-5-8)7-9(14)13-10/h8,10H,3-7H2,1-2H3,(H,13,14). The molecule has 1 saturated heterocycles. The Morgan fingerprint density at radius 2 is 2.25 bits per heavy atom. The van der Waals surface area contributed by atoms with Crippen molar-refractivity contribution in [1.29, 1.82) is 0 Å². The van der Waals surface area contributed by atoms with E-state index >= 15 is 0 Å². The Bertz CT molecular complexity index is 311. The number of esters is 1. The van der Waals surface area contributed by atoms with E-state index in [1.807, 2.05) is 6.92 Å². The lowest BCUT2D eigenvalue weighted by atomic mass is 9.77. The van der Waals surface area contributed by atoms with Crippen molar-refractivity contribution in [2.45, 2.75) is 45.6 Å². The minimum atomic E-state index is -0.444. The van der Waals surface area contributed by atoms with Crippen molar-refractivity contribution >= 4 is 11.9 Å². The molecule has 2 aliphatic rings. The minimum Gasteiger partial charge on any atom is -0.464 e. The summed E-state index contributed by atoms with van der Waals surface area (Å²) < 4.78 is 5.02. The third-order valence-electron chi connectivity index (χ3n) is 3.54. The van der Waals surface area contributed by atoms with Gasteiger partial charge in [-0.3, -0.25) is 4.79 Å². The lowest BCUT2D eigenvalue weighted by Crippen LogP contribution is -2.43. The van der Waals surface area contributed by atoms with Gasteiger partial charge in [0.05, 0.1) is 6.61 Å². The minimum absolute atomic E-state index is 0.0267. The molecule has 2 unspecified atom stereocenters. The van der Waals surface area contributed by atoms with Crippen molar-refractivity contribution in [3.05, 3.63) is 0 Å². The fourth-order valence-corrected chi connectivity index (χ4v) is 2.60. The molecule has 2 atom stereocenters. The smallest absolute Gasteiger partial charge is 0.329 e. The number of nitrogens with one attached hydrogen (secondary N) is 1. The molecule has 0 spiro atoms. The third kappa shape index (κ3) is 2.20. The zero-order valence-electron chi connectivity index (χ0n) is 9.91. The number of hydrogen-bond donors (Lipinski definition) is 1. The van der Waals surface area contributed by atoms with Crippen molar-refractivity contribution in [2.75, 3.05) is 6.61 Å². The molecule has 0 bridgehead atoms. The molecule has 90 valence electrons. The predicted octanol–water partition coefficient (Wildman–Crippen LogP) is 1.24. The summed E-state index contributed by atoms with van der Waals surface area (Å²) in [5.74, 6) is 0.396. The Hall–Kier alpha value is -1.06. The highest BCUT2D eigenvalue weighted by molar-refractivity contribution is 5.89. The maximum Gasteiger partial charge on any atom is 0.329 e. The maximum atomic E-state index is 11.8. The molecule has 0 aromatic heterocycles. The number of amides is 1. The van der Waals surface area contributed by atoms with Crippen molar-refractivity contribution in [3.63, 3.8) is 0 Å². The molecule has 0 aromatic rings. The number of carbonyl (C=O) groups is 2. The summed E-state index contributed by atoms with van der Waals surface area (Å²) in [5, 5.41) is 2.75. The van der Waals surface area contributed by atoms with Crippen molar-refractivity contribution < 1.29 is 14.3 Å². The van der Waals surface area contributed by atoms with Crippen LogP contribution in [0.1, 0.15) is 39.5 Å². The summed E-state index contributed by atoms with van der Waals surface area (Å²) >= 11 is 0. The van der Waals surface area contributed by atoms with Crippen LogP contribution in [-0.4, -0.2) is 24.5 Å². The van der Waals surface area contributed by atoms with Crippen molar-refractivity contribution in [1.82, 2.24) is 5.32 Å². The van der Waals surface area contributed by atoms with Gasteiger partial charge < -0.3 is 10.1 Å². The Morgan fingerprint density at radius 1 is 1.56 bits per heavy atom. The topological polar surface area (TPSA) is 55.4 Å². The number of carbonyl (C=O) groups excluding carboxylic acids is 2. The normalized spacial score (nSPS) is 33.6. The highest BCUT2D eigenvalue weighted by Crippen LogP contribution is 2.46. The second kappa shape index (κ2) is 4.07. The number of ether oxygens (including phenoxy) is 1. The van der Waals surface area contributed by atoms with Crippen LogP contribution in [0.5, 0.6) is 0 Å². The molecule has 1 aliphatic heterocycles. The van der Waals surface area contributed by atoms with E-state index in [4.69, 9.17) is 4.74 Å². The van der Waals surface area contributed by atoms with Crippen LogP contribution in [0.25, 0.3) is 0 Å². The largest absolute Gasteiger partial charge is 0.464 e. The zero-order chi connectivity index (χ0) is 11.8. The first-order valence-electron chi connectivity index (χ1n) is 6.01. The molecule has 1 saturated carbocycles. The van der Waals surface area contributed by atoms with E-state index in [-0.39, 0.29) is 17.3 Å². The van der Waals surface area contributed by atoms with E-state index in [1.165, 1.54) is 12.8 Å². The van der Waals surface area contributed by atoms with E-state index < -0.39 is 6.04 Å². The van der Waals surface area contributed by atoms with Gasteiger partial charge in [-0.25, -0.2) is 4.79 Å². The molecule has 1 N–H and O–H groups in total. The Morgan fingerprint density at radius 3 is 2.81 bits per heavy atom. The van der Waals surface area contributed by atoms with Gasteiger partial charge >= 0.3 is 5.97 Å². The van der Waals surface area contributed by atoms with Gasteiger partial charge in [-0.05, 0) is 19.3 Å². The molecule has 1 amide bonds. The molecule has 16 heavy (non-hydrogen) atoms. The third-order valence-corrected chi connectivity index (χ3v) is 3.54. The summed E-state index contributed by atoms with van der Waals surface area (Å²) in [6.45, 7) is 4.17. The van der Waals surface area contributed by atoms with E-state index in [0.717, 1.165) is 6.42 Å². The summed E-state index contributed by atoms with van der Waals surface area (Å²) in [7, 11) is 0. The van der Waals surface area contributed by atoms with Crippen LogP contribution in [-0.2, 0) is 14.3 Å². The molecule has 0 aromatic carbocycles. The van der Waals surface area contributed by atoms with Crippen LogP contribution in [0, 0.1) is 11.3 Å². The highest BCUT2D eigenvalue weighted by Gasteiger charge is 2.50. The predicted molar refractivity (Wildman–Crippen MR) is 58.6 cm³/mol. The summed E-state index contributed by atoms with van der Waals surface area (Å²) in [5.41, 5.74) is -0.246. The second-order valence-electron chi connectivity index (χ2n) is 5.23. The summed E-state index contributed by atoms with van der Waals surface area (Å²) in [4.78, 5) is 23.2. The quantitative estimate of drug-likeness (QED) is 0.732. The average molecular weight is 225 g/mol. The van der Waals surface area contributed by atoms with Gasteiger partial charge in [0.25, 0.3) is 0 Å². The monoisotopic (exact) mass is 225 g/mol. The van der Waals surface area contributed by atoms with Gasteiger partial charge in [-0.1, -0.05) is 19.8 Å². The van der Waals surface area contributed by atoms with Crippen LogP contribution in [0.2, 0.25) is 0 Å². The van der Waals surface area contributed by atoms with E-state index in [0.29, 0.717) is 18.9 Å². The molecule has 4 nitrogen and oxygen atoms in total. The summed E-state index contributed by atoms with van der Waals surface area (Å²) in [6.07, 6.45) is 3.88. The van der Waals surface area contributed by atoms with Gasteiger partial charge in [0.1, 0.15) is 6.04 Å². The molecule has 2 fully saturated rings. The van der Waals surface area contributed by atoms with Crippen LogP contribution in [0.3, 0.4) is 0 Å². The Labute approximate surface area is 95.7 Å². The summed E-state index contributed by atoms with van der Waals surface area (Å²) in [6, 6.07) is -0.444. The highest BCUT2D eigenvalue weighted by atomic mass is 16.5. The van der Waals surface area contributed by atoms with Crippen LogP contribution in [0.15, 0.2) is 0 Å². The van der Waals surface area contributed by atoms with Gasteiger partial charge in [0.2, 0.25) is 5.91 Å². The molecule has 0 radical (unpaired) electrons. The molecular formula is C12H19NO3. The van der Waals surface area contributed by atoms with Gasteiger partial charge in [0, 0.05) is 11.8 Å². The Kier molecular flexibility index (Phi) is 2.91. The molecule has 1 heterocycles. The van der Waals surface area contributed by atoms with Gasteiger partial charge in [0.15, 0.2) is 0 Å². The fourth-order valence-electron chi connectivity index (χ4n) is 2.60. The van der Waals surface area contributed by atoms with Crippen molar-refractivity contribution in [3.8, 4) is 0 Å². The van der Waals surface area contributed by atoms with Crippen LogP contribution in [0.4, 0.5) is 0 Å². The number of rotatable bonds is 4. The van der Waals surface area contributed by atoms with Gasteiger partial charge in [-0.2, -0.15) is 0 Å². The Balaban J connectivity index is 2.07. The fraction of sp³-hybridized carbons (Fsp3) is 0.833. The SMILES string of the molecule is CCOC(=O)C1NC(=O)CC1(C)CC1CC1. The molecule has 2 rings (SSSR count). The van der Waals surface area contributed by atoms with Gasteiger partial charge in [-0.15, -0.1) is 0 Å². The van der Waals surface area contributed by atoms with Crippen LogP contribution >= 0.6 is 0 Å². The van der Waals surface area contributed by atoms with E-state index in [9.17, 15) is 9.59 Å². The average Bonchev–Trinajstić information content (AvgIpc) is 2.92.